The molecule has 0 aliphatic rings. The summed E-state index contributed by atoms with van der Waals surface area (Å²) in [6, 6.07) is 24.4. The second-order valence-electron chi connectivity index (χ2n) is 6.35. The first-order valence-corrected chi connectivity index (χ1v) is 9.15. The Balaban J connectivity index is 1.54. The SMILES string of the molecule is COc1ccccc1Oc1ccc(NC(C)C(=O)NCc2ccccc2)cc1. The zero-order chi connectivity index (χ0) is 19.8. The molecule has 3 rings (SSSR count). The van der Waals surface area contributed by atoms with E-state index in [1.165, 1.54) is 0 Å². The number of benzene rings is 3. The molecule has 5 heteroatoms. The van der Waals surface area contributed by atoms with Crippen molar-refractivity contribution in [3.05, 3.63) is 84.4 Å². The van der Waals surface area contributed by atoms with Crippen molar-refractivity contribution < 1.29 is 14.3 Å². The fourth-order valence-electron chi connectivity index (χ4n) is 2.70. The van der Waals surface area contributed by atoms with Gasteiger partial charge in [-0.1, -0.05) is 42.5 Å². The van der Waals surface area contributed by atoms with Crippen LogP contribution in [0.3, 0.4) is 0 Å². The molecule has 3 aromatic carbocycles. The Kier molecular flexibility index (Phi) is 6.52. The van der Waals surface area contributed by atoms with Crippen LogP contribution >= 0.6 is 0 Å². The molecule has 3 aromatic rings. The van der Waals surface area contributed by atoms with Gasteiger partial charge in [0.2, 0.25) is 5.91 Å². The second-order valence-corrected chi connectivity index (χ2v) is 6.35. The van der Waals surface area contributed by atoms with E-state index in [2.05, 4.69) is 10.6 Å². The molecular weight excluding hydrogens is 352 g/mol. The van der Waals surface area contributed by atoms with Crippen molar-refractivity contribution >= 4 is 11.6 Å². The molecule has 0 spiro atoms. The first-order chi connectivity index (χ1) is 13.7. The fraction of sp³-hybridized carbons (Fsp3) is 0.174. The van der Waals surface area contributed by atoms with Gasteiger partial charge in [0, 0.05) is 12.2 Å². The summed E-state index contributed by atoms with van der Waals surface area (Å²) in [5.41, 5.74) is 1.91. The molecule has 28 heavy (non-hydrogen) atoms. The standard InChI is InChI=1S/C23H24N2O3/c1-17(23(26)24-16-18-8-4-3-5-9-18)25-19-12-14-20(15-13-19)28-22-11-7-6-10-21(22)27-2/h3-15,17,25H,16H2,1-2H3,(H,24,26). The van der Waals surface area contributed by atoms with Gasteiger partial charge in [0.1, 0.15) is 11.8 Å². The molecule has 0 bridgehead atoms. The summed E-state index contributed by atoms with van der Waals surface area (Å²) < 4.78 is 11.2. The molecular formula is C23H24N2O3. The predicted molar refractivity (Wildman–Crippen MR) is 111 cm³/mol. The lowest BCUT2D eigenvalue weighted by Crippen LogP contribution is -2.37. The summed E-state index contributed by atoms with van der Waals surface area (Å²) in [6.45, 7) is 2.34. The van der Waals surface area contributed by atoms with Gasteiger partial charge in [-0.25, -0.2) is 0 Å². The van der Waals surface area contributed by atoms with Gasteiger partial charge in [-0.2, -0.15) is 0 Å². The van der Waals surface area contributed by atoms with E-state index in [4.69, 9.17) is 9.47 Å². The van der Waals surface area contributed by atoms with E-state index in [1.807, 2.05) is 85.8 Å². The number of carbonyl (C=O) groups excluding carboxylic acids is 1. The first-order valence-electron chi connectivity index (χ1n) is 9.15. The van der Waals surface area contributed by atoms with Crippen LogP contribution in [0.2, 0.25) is 0 Å². The van der Waals surface area contributed by atoms with Crippen LogP contribution in [0, 0.1) is 0 Å². The molecule has 0 aliphatic carbocycles. The van der Waals surface area contributed by atoms with Crippen LogP contribution in [0.15, 0.2) is 78.9 Å². The Morgan fingerprint density at radius 1 is 0.893 bits per heavy atom. The minimum absolute atomic E-state index is 0.0572. The van der Waals surface area contributed by atoms with Gasteiger partial charge < -0.3 is 20.1 Å². The molecule has 0 aliphatic heterocycles. The number of anilines is 1. The molecule has 0 saturated heterocycles. The first kappa shape index (κ1) is 19.3. The molecule has 0 saturated carbocycles. The summed E-state index contributed by atoms with van der Waals surface area (Å²) in [7, 11) is 1.61. The lowest BCUT2D eigenvalue weighted by Gasteiger charge is -2.16. The third-order valence-corrected chi connectivity index (χ3v) is 4.24. The second kappa shape index (κ2) is 9.46. The molecule has 0 aromatic heterocycles. The zero-order valence-corrected chi connectivity index (χ0v) is 16.0. The van der Waals surface area contributed by atoms with Crippen LogP contribution in [0.4, 0.5) is 5.69 Å². The number of carbonyl (C=O) groups is 1. The fourth-order valence-corrected chi connectivity index (χ4v) is 2.70. The predicted octanol–water partition coefficient (Wildman–Crippen LogP) is 4.60. The van der Waals surface area contributed by atoms with Crippen molar-refractivity contribution in [3.8, 4) is 17.2 Å². The van der Waals surface area contributed by atoms with Crippen molar-refractivity contribution in [1.82, 2.24) is 5.32 Å². The highest BCUT2D eigenvalue weighted by Gasteiger charge is 2.12. The van der Waals surface area contributed by atoms with Gasteiger partial charge in [-0.15, -0.1) is 0 Å². The Labute approximate surface area is 165 Å². The van der Waals surface area contributed by atoms with Crippen molar-refractivity contribution in [2.75, 3.05) is 12.4 Å². The number of rotatable bonds is 8. The van der Waals surface area contributed by atoms with Gasteiger partial charge in [-0.05, 0) is 48.9 Å². The molecule has 144 valence electrons. The highest BCUT2D eigenvalue weighted by Crippen LogP contribution is 2.31. The van der Waals surface area contributed by atoms with Gasteiger partial charge in [0.05, 0.1) is 7.11 Å². The Morgan fingerprint density at radius 2 is 1.54 bits per heavy atom. The lowest BCUT2D eigenvalue weighted by atomic mass is 10.2. The summed E-state index contributed by atoms with van der Waals surface area (Å²) in [6.07, 6.45) is 0. The van der Waals surface area contributed by atoms with Crippen molar-refractivity contribution in [2.24, 2.45) is 0 Å². The highest BCUT2D eigenvalue weighted by atomic mass is 16.5. The van der Waals surface area contributed by atoms with Gasteiger partial charge in [0.15, 0.2) is 11.5 Å². The lowest BCUT2D eigenvalue weighted by molar-refractivity contribution is -0.121. The van der Waals surface area contributed by atoms with Crippen LogP contribution in [0.5, 0.6) is 17.2 Å². The Morgan fingerprint density at radius 3 is 2.21 bits per heavy atom. The molecule has 0 fully saturated rings. The van der Waals surface area contributed by atoms with E-state index in [0.717, 1.165) is 11.3 Å². The summed E-state index contributed by atoms with van der Waals surface area (Å²) >= 11 is 0. The van der Waals surface area contributed by atoms with E-state index in [-0.39, 0.29) is 11.9 Å². The van der Waals surface area contributed by atoms with Crippen molar-refractivity contribution in [1.29, 1.82) is 0 Å². The maximum atomic E-state index is 12.3. The van der Waals surface area contributed by atoms with Crippen molar-refractivity contribution in [3.63, 3.8) is 0 Å². The summed E-state index contributed by atoms with van der Waals surface area (Å²) in [5, 5.41) is 6.13. The molecule has 1 atom stereocenters. The van der Waals surface area contributed by atoms with Crippen LogP contribution in [-0.2, 0) is 11.3 Å². The molecule has 0 radical (unpaired) electrons. The maximum Gasteiger partial charge on any atom is 0.242 e. The monoisotopic (exact) mass is 376 g/mol. The van der Waals surface area contributed by atoms with E-state index in [1.54, 1.807) is 7.11 Å². The van der Waals surface area contributed by atoms with E-state index in [0.29, 0.717) is 23.8 Å². The third kappa shape index (κ3) is 5.27. The molecule has 5 nitrogen and oxygen atoms in total. The Bertz CT molecular complexity index is 895. The van der Waals surface area contributed by atoms with E-state index in [9.17, 15) is 4.79 Å². The van der Waals surface area contributed by atoms with Gasteiger partial charge in [-0.3, -0.25) is 4.79 Å². The normalized spacial score (nSPS) is 11.4. The molecule has 2 N–H and O–H groups in total. The smallest absolute Gasteiger partial charge is 0.242 e. The number of methoxy groups -OCH3 is 1. The molecule has 0 heterocycles. The largest absolute Gasteiger partial charge is 0.493 e. The van der Waals surface area contributed by atoms with E-state index < -0.39 is 0 Å². The van der Waals surface area contributed by atoms with Crippen LogP contribution in [0.25, 0.3) is 0 Å². The number of amides is 1. The average Bonchev–Trinajstić information content (AvgIpc) is 2.74. The third-order valence-electron chi connectivity index (χ3n) is 4.24. The van der Waals surface area contributed by atoms with Gasteiger partial charge in [0.25, 0.3) is 0 Å². The number of nitrogens with one attached hydrogen (secondary N) is 2. The minimum Gasteiger partial charge on any atom is -0.493 e. The zero-order valence-electron chi connectivity index (χ0n) is 16.0. The highest BCUT2D eigenvalue weighted by molar-refractivity contribution is 5.84. The minimum atomic E-state index is -0.357. The quantitative estimate of drug-likeness (QED) is 0.603. The number of para-hydroxylation sites is 2. The molecule has 1 amide bonds. The summed E-state index contributed by atoms with van der Waals surface area (Å²) in [5.74, 6) is 1.96. The van der Waals surface area contributed by atoms with Crippen molar-refractivity contribution in [2.45, 2.75) is 19.5 Å². The van der Waals surface area contributed by atoms with Gasteiger partial charge >= 0.3 is 0 Å². The maximum absolute atomic E-state index is 12.3. The van der Waals surface area contributed by atoms with Crippen LogP contribution in [0.1, 0.15) is 12.5 Å². The average molecular weight is 376 g/mol. The molecule has 1 unspecified atom stereocenters. The van der Waals surface area contributed by atoms with Crippen LogP contribution in [-0.4, -0.2) is 19.1 Å². The number of hydrogen-bond donors (Lipinski definition) is 2. The topological polar surface area (TPSA) is 59.6 Å². The Hall–Kier alpha value is -3.47. The summed E-state index contributed by atoms with van der Waals surface area (Å²) in [4.78, 5) is 12.3. The van der Waals surface area contributed by atoms with Crippen LogP contribution < -0.4 is 20.1 Å². The number of hydrogen-bond acceptors (Lipinski definition) is 4. The van der Waals surface area contributed by atoms with E-state index >= 15 is 0 Å². The number of ether oxygens (including phenoxy) is 2.